The molecular weight excluding hydrogens is 208 g/mol. The molecule has 102 valence electrons. The van der Waals surface area contributed by atoms with Gasteiger partial charge in [-0.3, -0.25) is 4.79 Å². The van der Waals surface area contributed by atoms with Crippen LogP contribution in [0.3, 0.4) is 0 Å². The third-order valence-electron chi connectivity index (χ3n) is 3.44. The fraction of sp³-hybridized carbons (Fsp3) is 0.938. The first-order valence-electron chi connectivity index (χ1n) is 7.72. The highest BCUT2D eigenvalue weighted by Gasteiger charge is 2.08. The summed E-state index contributed by atoms with van der Waals surface area (Å²) >= 11 is 0. The molecule has 0 aromatic carbocycles. The second-order valence-corrected chi connectivity index (χ2v) is 5.51. The van der Waals surface area contributed by atoms with Crippen LogP contribution in [0.25, 0.3) is 0 Å². The normalized spacial score (nSPS) is 12.6. The molecule has 17 heavy (non-hydrogen) atoms. The number of hydrogen-bond acceptors (Lipinski definition) is 1. The quantitative estimate of drug-likeness (QED) is 0.410. The summed E-state index contributed by atoms with van der Waals surface area (Å²) < 4.78 is 0. The van der Waals surface area contributed by atoms with E-state index in [1.54, 1.807) is 0 Å². The zero-order valence-electron chi connectivity index (χ0n) is 12.3. The Hall–Kier alpha value is -0.330. The maximum absolute atomic E-state index is 11.7. The van der Waals surface area contributed by atoms with Crippen LogP contribution in [0, 0.1) is 5.92 Å². The van der Waals surface area contributed by atoms with Gasteiger partial charge in [0, 0.05) is 12.8 Å². The molecule has 0 spiro atoms. The first-order valence-corrected chi connectivity index (χ1v) is 7.72. The van der Waals surface area contributed by atoms with Crippen molar-refractivity contribution in [2.24, 2.45) is 5.92 Å². The molecule has 0 aliphatic rings. The monoisotopic (exact) mass is 240 g/mol. The molecule has 0 rings (SSSR count). The van der Waals surface area contributed by atoms with Crippen molar-refractivity contribution in [1.82, 2.24) is 0 Å². The van der Waals surface area contributed by atoms with E-state index >= 15 is 0 Å². The molecule has 0 N–H and O–H groups in total. The van der Waals surface area contributed by atoms with Gasteiger partial charge in [0.25, 0.3) is 0 Å². The lowest BCUT2D eigenvalue weighted by Gasteiger charge is -2.10. The summed E-state index contributed by atoms with van der Waals surface area (Å²) in [6.07, 6.45) is 13.0. The largest absolute Gasteiger partial charge is 0.300 e. The molecule has 1 unspecified atom stereocenters. The van der Waals surface area contributed by atoms with Gasteiger partial charge in [0.05, 0.1) is 0 Å². The van der Waals surface area contributed by atoms with Gasteiger partial charge >= 0.3 is 0 Å². The molecule has 1 atom stereocenters. The lowest BCUT2D eigenvalue weighted by Crippen LogP contribution is -2.05. The second-order valence-electron chi connectivity index (χ2n) is 5.51. The average Bonchev–Trinajstić information content (AvgIpc) is 2.30. The number of ketones is 1. The Balaban J connectivity index is 3.38. The highest BCUT2D eigenvalue weighted by atomic mass is 16.1. The molecule has 0 aromatic rings. The summed E-state index contributed by atoms with van der Waals surface area (Å²) in [5.41, 5.74) is 0. The Bertz CT molecular complexity index is 174. The zero-order chi connectivity index (χ0) is 12.9. The Labute approximate surface area is 108 Å². The van der Waals surface area contributed by atoms with Gasteiger partial charge in [-0.15, -0.1) is 0 Å². The molecule has 0 heterocycles. The van der Waals surface area contributed by atoms with Gasteiger partial charge in [0.15, 0.2) is 0 Å². The molecule has 0 radical (unpaired) electrons. The summed E-state index contributed by atoms with van der Waals surface area (Å²) in [5, 5.41) is 0. The van der Waals surface area contributed by atoms with Crippen LogP contribution in [0.15, 0.2) is 0 Å². The van der Waals surface area contributed by atoms with Crippen molar-refractivity contribution in [3.05, 3.63) is 0 Å². The molecule has 0 saturated heterocycles. The maximum Gasteiger partial charge on any atom is 0.133 e. The third-order valence-corrected chi connectivity index (χ3v) is 3.44. The Morgan fingerprint density at radius 3 is 2.06 bits per heavy atom. The van der Waals surface area contributed by atoms with Crippen molar-refractivity contribution >= 4 is 5.78 Å². The van der Waals surface area contributed by atoms with Crippen LogP contribution in [-0.4, -0.2) is 5.78 Å². The van der Waals surface area contributed by atoms with Crippen LogP contribution in [0.1, 0.15) is 91.4 Å². The van der Waals surface area contributed by atoms with Crippen molar-refractivity contribution in [3.8, 4) is 0 Å². The number of carbonyl (C=O) groups is 1. The van der Waals surface area contributed by atoms with E-state index in [9.17, 15) is 4.79 Å². The van der Waals surface area contributed by atoms with Crippen molar-refractivity contribution in [1.29, 1.82) is 0 Å². The molecule has 0 aromatic heterocycles. The second kappa shape index (κ2) is 12.1. The molecule has 0 fully saturated rings. The number of unbranched alkanes of at least 4 members (excludes halogenated alkanes) is 6. The first kappa shape index (κ1) is 16.7. The molecule has 0 amide bonds. The standard InChI is InChI=1S/C16H32O/c1-4-6-8-10-12-15(3)14-16(17)13-11-9-7-5-2/h15H,4-14H2,1-3H3. The van der Waals surface area contributed by atoms with Gasteiger partial charge < -0.3 is 0 Å². The molecule has 0 aliphatic carbocycles. The van der Waals surface area contributed by atoms with E-state index in [4.69, 9.17) is 0 Å². The van der Waals surface area contributed by atoms with Gasteiger partial charge in [-0.05, 0) is 12.3 Å². The summed E-state index contributed by atoms with van der Waals surface area (Å²) in [7, 11) is 0. The van der Waals surface area contributed by atoms with Gasteiger partial charge in [-0.1, -0.05) is 72.1 Å². The Kier molecular flexibility index (Phi) is 11.9. The van der Waals surface area contributed by atoms with Crippen molar-refractivity contribution < 1.29 is 4.79 Å². The van der Waals surface area contributed by atoms with Crippen molar-refractivity contribution in [3.63, 3.8) is 0 Å². The fourth-order valence-corrected chi connectivity index (χ4v) is 2.26. The number of carbonyl (C=O) groups excluding carboxylic acids is 1. The van der Waals surface area contributed by atoms with E-state index in [1.165, 1.54) is 51.4 Å². The Morgan fingerprint density at radius 1 is 0.882 bits per heavy atom. The molecule has 1 heteroatoms. The molecular formula is C16H32O. The van der Waals surface area contributed by atoms with E-state index < -0.39 is 0 Å². The van der Waals surface area contributed by atoms with E-state index in [0.29, 0.717) is 11.7 Å². The molecule has 0 saturated carbocycles. The lowest BCUT2D eigenvalue weighted by molar-refractivity contribution is -0.120. The Morgan fingerprint density at radius 2 is 1.47 bits per heavy atom. The minimum absolute atomic E-state index is 0.490. The summed E-state index contributed by atoms with van der Waals surface area (Å²) in [4.78, 5) is 11.7. The van der Waals surface area contributed by atoms with E-state index in [-0.39, 0.29) is 0 Å². The van der Waals surface area contributed by atoms with Crippen molar-refractivity contribution in [2.45, 2.75) is 91.4 Å². The van der Waals surface area contributed by atoms with Crippen molar-refractivity contribution in [2.75, 3.05) is 0 Å². The SMILES string of the molecule is CCCCCCC(=O)CC(C)CCCCCC. The summed E-state index contributed by atoms with van der Waals surface area (Å²) in [6.45, 7) is 6.68. The highest BCUT2D eigenvalue weighted by molar-refractivity contribution is 5.78. The van der Waals surface area contributed by atoms with Crippen LogP contribution in [-0.2, 0) is 4.79 Å². The lowest BCUT2D eigenvalue weighted by atomic mass is 9.95. The summed E-state index contributed by atoms with van der Waals surface area (Å²) in [5.74, 6) is 1.09. The van der Waals surface area contributed by atoms with E-state index in [0.717, 1.165) is 19.3 Å². The smallest absolute Gasteiger partial charge is 0.133 e. The van der Waals surface area contributed by atoms with E-state index in [2.05, 4.69) is 20.8 Å². The maximum atomic E-state index is 11.7. The fourth-order valence-electron chi connectivity index (χ4n) is 2.26. The number of hydrogen-bond donors (Lipinski definition) is 0. The van der Waals surface area contributed by atoms with Gasteiger partial charge in [0.2, 0.25) is 0 Å². The van der Waals surface area contributed by atoms with Gasteiger partial charge in [0.1, 0.15) is 5.78 Å². The average molecular weight is 240 g/mol. The minimum atomic E-state index is 0.490. The first-order chi connectivity index (χ1) is 8.20. The molecule has 0 aliphatic heterocycles. The van der Waals surface area contributed by atoms with Gasteiger partial charge in [-0.2, -0.15) is 0 Å². The summed E-state index contributed by atoms with van der Waals surface area (Å²) in [6, 6.07) is 0. The predicted octanol–water partition coefficient (Wildman–Crippen LogP) is 5.52. The third kappa shape index (κ3) is 11.9. The van der Waals surface area contributed by atoms with E-state index in [1.807, 2.05) is 0 Å². The highest BCUT2D eigenvalue weighted by Crippen LogP contribution is 2.16. The van der Waals surface area contributed by atoms with Crippen LogP contribution in [0.4, 0.5) is 0 Å². The minimum Gasteiger partial charge on any atom is -0.300 e. The van der Waals surface area contributed by atoms with Crippen LogP contribution < -0.4 is 0 Å². The van der Waals surface area contributed by atoms with Gasteiger partial charge in [-0.25, -0.2) is 0 Å². The van der Waals surface area contributed by atoms with Crippen LogP contribution >= 0.6 is 0 Å². The van der Waals surface area contributed by atoms with Crippen LogP contribution in [0.5, 0.6) is 0 Å². The molecule has 1 nitrogen and oxygen atoms in total. The molecule has 0 bridgehead atoms. The predicted molar refractivity (Wildman–Crippen MR) is 76.3 cm³/mol. The van der Waals surface area contributed by atoms with Crippen LogP contribution in [0.2, 0.25) is 0 Å². The number of Topliss-reactive ketones (excluding diaryl/α,β-unsaturated/α-hetero) is 1. The number of rotatable bonds is 12. The zero-order valence-corrected chi connectivity index (χ0v) is 12.3. The topological polar surface area (TPSA) is 17.1 Å².